The zero-order valence-corrected chi connectivity index (χ0v) is 10.2. The van der Waals surface area contributed by atoms with E-state index >= 15 is 0 Å². The van der Waals surface area contributed by atoms with Crippen LogP contribution in [0.2, 0.25) is 0 Å². The number of rotatable bonds is 6. The summed E-state index contributed by atoms with van der Waals surface area (Å²) in [5.41, 5.74) is -0.455. The standard InChI is InChI=1S/C14H26O/c1-2-3-4-5-6-8-11-14(15)12-9-7-10-13-14/h8,11,15H,2-7,9-10,12-13H2,1H3/b11-8+. The maximum atomic E-state index is 10.2. The fourth-order valence-corrected chi connectivity index (χ4v) is 2.32. The van der Waals surface area contributed by atoms with Crippen molar-refractivity contribution < 1.29 is 5.11 Å². The maximum absolute atomic E-state index is 10.2. The Balaban J connectivity index is 2.12. The van der Waals surface area contributed by atoms with E-state index in [1.54, 1.807) is 0 Å². The number of hydrogen-bond donors (Lipinski definition) is 1. The highest BCUT2D eigenvalue weighted by Crippen LogP contribution is 2.29. The van der Waals surface area contributed by atoms with Crippen molar-refractivity contribution in [1.82, 2.24) is 0 Å². The van der Waals surface area contributed by atoms with Gasteiger partial charge in [-0.3, -0.25) is 0 Å². The normalized spacial score (nSPS) is 20.9. The summed E-state index contributed by atoms with van der Waals surface area (Å²) in [7, 11) is 0. The summed E-state index contributed by atoms with van der Waals surface area (Å²) < 4.78 is 0. The molecular weight excluding hydrogens is 184 g/mol. The molecule has 0 radical (unpaired) electrons. The van der Waals surface area contributed by atoms with E-state index in [9.17, 15) is 5.11 Å². The molecule has 1 aliphatic carbocycles. The topological polar surface area (TPSA) is 20.2 Å². The van der Waals surface area contributed by atoms with Gasteiger partial charge in [0.1, 0.15) is 0 Å². The minimum Gasteiger partial charge on any atom is -0.386 e. The third-order valence-corrected chi connectivity index (χ3v) is 3.37. The Hall–Kier alpha value is -0.300. The Labute approximate surface area is 94.6 Å². The molecule has 0 amide bonds. The van der Waals surface area contributed by atoms with Gasteiger partial charge in [0.15, 0.2) is 0 Å². The first-order valence-electron chi connectivity index (χ1n) is 6.67. The lowest BCUT2D eigenvalue weighted by Crippen LogP contribution is -2.28. The van der Waals surface area contributed by atoms with E-state index in [1.807, 2.05) is 0 Å². The molecule has 0 heterocycles. The minimum absolute atomic E-state index is 0.455. The average molecular weight is 210 g/mol. The van der Waals surface area contributed by atoms with E-state index in [2.05, 4.69) is 19.1 Å². The molecule has 1 saturated carbocycles. The predicted octanol–water partition coefficient (Wildman–Crippen LogP) is 4.21. The fourth-order valence-electron chi connectivity index (χ4n) is 2.32. The van der Waals surface area contributed by atoms with Gasteiger partial charge >= 0.3 is 0 Å². The summed E-state index contributed by atoms with van der Waals surface area (Å²) in [5.74, 6) is 0. The Morgan fingerprint density at radius 3 is 2.47 bits per heavy atom. The first kappa shape index (κ1) is 12.8. The Kier molecular flexibility index (Phi) is 6.00. The summed E-state index contributed by atoms with van der Waals surface area (Å²) in [6.07, 6.45) is 16.3. The van der Waals surface area contributed by atoms with Crippen LogP contribution in [0.4, 0.5) is 0 Å². The van der Waals surface area contributed by atoms with Gasteiger partial charge in [0.25, 0.3) is 0 Å². The molecule has 1 aliphatic rings. The molecule has 0 saturated heterocycles. The van der Waals surface area contributed by atoms with E-state index in [-0.39, 0.29) is 0 Å². The van der Waals surface area contributed by atoms with Gasteiger partial charge in [-0.15, -0.1) is 0 Å². The molecule has 1 heteroatoms. The van der Waals surface area contributed by atoms with E-state index in [4.69, 9.17) is 0 Å². The Morgan fingerprint density at radius 1 is 1.07 bits per heavy atom. The summed E-state index contributed by atoms with van der Waals surface area (Å²) in [4.78, 5) is 0. The van der Waals surface area contributed by atoms with Crippen LogP contribution in [0.3, 0.4) is 0 Å². The van der Waals surface area contributed by atoms with Crippen LogP contribution in [0.15, 0.2) is 12.2 Å². The van der Waals surface area contributed by atoms with Crippen LogP contribution in [-0.4, -0.2) is 10.7 Å². The lowest BCUT2D eigenvalue weighted by atomic mass is 9.84. The van der Waals surface area contributed by atoms with Crippen LogP contribution in [-0.2, 0) is 0 Å². The molecular formula is C14H26O. The van der Waals surface area contributed by atoms with Gasteiger partial charge in [-0.1, -0.05) is 57.6 Å². The van der Waals surface area contributed by atoms with E-state index in [0.29, 0.717) is 0 Å². The van der Waals surface area contributed by atoms with Gasteiger partial charge in [-0.2, -0.15) is 0 Å². The van der Waals surface area contributed by atoms with E-state index in [1.165, 1.54) is 44.9 Å². The zero-order chi connectivity index (χ0) is 11.0. The number of aliphatic hydroxyl groups is 1. The second kappa shape index (κ2) is 7.05. The lowest BCUT2D eigenvalue weighted by molar-refractivity contribution is 0.0511. The smallest absolute Gasteiger partial charge is 0.0827 e. The largest absolute Gasteiger partial charge is 0.386 e. The number of unbranched alkanes of at least 4 members (excludes halogenated alkanes) is 4. The summed E-state index contributed by atoms with van der Waals surface area (Å²) >= 11 is 0. The molecule has 0 aromatic rings. The van der Waals surface area contributed by atoms with Crippen LogP contribution in [0.1, 0.15) is 71.1 Å². The lowest BCUT2D eigenvalue weighted by Gasteiger charge is -2.28. The SMILES string of the molecule is CCCCCC/C=C/C1(O)CCCCC1. The van der Waals surface area contributed by atoms with Crippen LogP contribution in [0.25, 0.3) is 0 Å². The van der Waals surface area contributed by atoms with Crippen molar-refractivity contribution in [3.05, 3.63) is 12.2 Å². The summed E-state index contributed by atoms with van der Waals surface area (Å²) in [6.45, 7) is 2.24. The highest BCUT2D eigenvalue weighted by atomic mass is 16.3. The first-order chi connectivity index (χ1) is 7.27. The van der Waals surface area contributed by atoms with Crippen LogP contribution in [0.5, 0.6) is 0 Å². The van der Waals surface area contributed by atoms with Crippen molar-refractivity contribution in [2.45, 2.75) is 76.7 Å². The minimum atomic E-state index is -0.455. The molecule has 0 unspecified atom stereocenters. The predicted molar refractivity (Wildman–Crippen MR) is 65.9 cm³/mol. The van der Waals surface area contributed by atoms with Gasteiger partial charge in [0.2, 0.25) is 0 Å². The fraction of sp³-hybridized carbons (Fsp3) is 0.857. The zero-order valence-electron chi connectivity index (χ0n) is 10.2. The van der Waals surface area contributed by atoms with E-state index in [0.717, 1.165) is 19.3 Å². The molecule has 1 fully saturated rings. The maximum Gasteiger partial charge on any atom is 0.0827 e. The Bertz CT molecular complexity index is 178. The average Bonchev–Trinajstić information content (AvgIpc) is 2.24. The third-order valence-electron chi connectivity index (χ3n) is 3.37. The molecule has 0 aromatic carbocycles. The highest BCUT2D eigenvalue weighted by molar-refractivity contribution is 5.02. The second-order valence-corrected chi connectivity index (χ2v) is 4.92. The molecule has 1 N–H and O–H groups in total. The molecule has 1 rings (SSSR count). The van der Waals surface area contributed by atoms with Crippen molar-refractivity contribution >= 4 is 0 Å². The number of hydrogen-bond acceptors (Lipinski definition) is 1. The molecule has 0 aliphatic heterocycles. The van der Waals surface area contributed by atoms with Crippen molar-refractivity contribution in [3.63, 3.8) is 0 Å². The van der Waals surface area contributed by atoms with Crippen molar-refractivity contribution in [3.8, 4) is 0 Å². The van der Waals surface area contributed by atoms with Crippen molar-refractivity contribution in [2.24, 2.45) is 0 Å². The van der Waals surface area contributed by atoms with Crippen LogP contribution < -0.4 is 0 Å². The highest BCUT2D eigenvalue weighted by Gasteiger charge is 2.25. The quantitative estimate of drug-likeness (QED) is 0.514. The van der Waals surface area contributed by atoms with Gasteiger partial charge < -0.3 is 5.11 Å². The van der Waals surface area contributed by atoms with Crippen LogP contribution in [0, 0.1) is 0 Å². The molecule has 0 spiro atoms. The molecule has 15 heavy (non-hydrogen) atoms. The number of allylic oxidation sites excluding steroid dienone is 1. The van der Waals surface area contributed by atoms with Gasteiger partial charge in [0, 0.05) is 0 Å². The molecule has 0 bridgehead atoms. The first-order valence-corrected chi connectivity index (χ1v) is 6.67. The van der Waals surface area contributed by atoms with Crippen molar-refractivity contribution in [2.75, 3.05) is 0 Å². The Morgan fingerprint density at radius 2 is 1.80 bits per heavy atom. The van der Waals surface area contributed by atoms with Gasteiger partial charge in [0.05, 0.1) is 5.60 Å². The van der Waals surface area contributed by atoms with Gasteiger partial charge in [-0.05, 0) is 25.7 Å². The second-order valence-electron chi connectivity index (χ2n) is 4.92. The van der Waals surface area contributed by atoms with Crippen LogP contribution >= 0.6 is 0 Å². The van der Waals surface area contributed by atoms with Gasteiger partial charge in [-0.25, -0.2) is 0 Å². The summed E-state index contributed by atoms with van der Waals surface area (Å²) in [5, 5.41) is 10.2. The van der Waals surface area contributed by atoms with Crippen molar-refractivity contribution in [1.29, 1.82) is 0 Å². The summed E-state index contributed by atoms with van der Waals surface area (Å²) in [6, 6.07) is 0. The molecule has 88 valence electrons. The third kappa shape index (κ3) is 5.36. The molecule has 0 aromatic heterocycles. The van der Waals surface area contributed by atoms with E-state index < -0.39 is 5.60 Å². The molecule has 0 atom stereocenters. The monoisotopic (exact) mass is 210 g/mol. The molecule has 1 nitrogen and oxygen atoms in total.